The summed E-state index contributed by atoms with van der Waals surface area (Å²) in [6, 6.07) is 1.44. The molecule has 72 valence electrons. The number of hydrogen-bond donors (Lipinski definition) is 3. The lowest BCUT2D eigenvalue weighted by atomic mass is 10.3. The summed E-state index contributed by atoms with van der Waals surface area (Å²) in [5.74, 6) is -1.07. The number of rotatable bonds is 1. The van der Waals surface area contributed by atoms with Gasteiger partial charge in [0.05, 0.1) is 0 Å². The quantitative estimate of drug-likeness (QED) is 0.555. The van der Waals surface area contributed by atoms with E-state index >= 15 is 0 Å². The van der Waals surface area contributed by atoms with Crippen LogP contribution in [0.1, 0.15) is 10.4 Å². The zero-order valence-corrected chi connectivity index (χ0v) is 6.89. The Morgan fingerprint density at radius 2 is 2.36 bits per heavy atom. The number of nitrogens with zero attached hydrogens (tertiary/aromatic N) is 2. The van der Waals surface area contributed by atoms with Crippen molar-refractivity contribution < 1.29 is 9.90 Å². The van der Waals surface area contributed by atoms with E-state index in [0.29, 0.717) is 0 Å². The molecule has 2 heterocycles. The molecular weight excluding hydrogens is 188 g/mol. The predicted octanol–water partition coefficient (Wildman–Crippen LogP) is -0.697. The molecular formula is C7H6N4O3. The Kier molecular flexibility index (Phi) is 1.53. The van der Waals surface area contributed by atoms with Crippen LogP contribution in [0.25, 0.3) is 5.65 Å². The summed E-state index contributed by atoms with van der Waals surface area (Å²) in [4.78, 5) is 25.8. The third-order valence-corrected chi connectivity index (χ3v) is 1.74. The van der Waals surface area contributed by atoms with Gasteiger partial charge < -0.3 is 10.8 Å². The van der Waals surface area contributed by atoms with Crippen LogP contribution in [-0.2, 0) is 0 Å². The standard InChI is InChI=1S/C7H6N4O3/c8-4-1-5-9-2-3(7(13)14)6(12)11(5)10-4/h1-2,10H,8H2,(H,13,14). The number of nitrogen functional groups attached to an aromatic ring is 1. The number of fused-ring (bicyclic) bond motifs is 1. The van der Waals surface area contributed by atoms with E-state index in [0.717, 1.165) is 10.7 Å². The Balaban J connectivity index is 2.88. The number of carboxylic acids is 1. The van der Waals surface area contributed by atoms with E-state index in [-0.39, 0.29) is 11.5 Å². The maximum Gasteiger partial charge on any atom is 0.343 e. The second kappa shape index (κ2) is 2.59. The number of nitrogens with one attached hydrogen (secondary N) is 1. The van der Waals surface area contributed by atoms with Crippen LogP contribution in [0.2, 0.25) is 0 Å². The number of aromatic nitrogens is 3. The van der Waals surface area contributed by atoms with Crippen LogP contribution in [0.4, 0.5) is 5.82 Å². The van der Waals surface area contributed by atoms with E-state index in [2.05, 4.69) is 10.1 Å². The first kappa shape index (κ1) is 8.30. The normalized spacial score (nSPS) is 10.6. The van der Waals surface area contributed by atoms with Crippen molar-refractivity contribution in [2.24, 2.45) is 0 Å². The van der Waals surface area contributed by atoms with Gasteiger partial charge in [-0.3, -0.25) is 9.89 Å². The van der Waals surface area contributed by atoms with Gasteiger partial charge in [-0.05, 0) is 0 Å². The summed E-state index contributed by atoms with van der Waals surface area (Å²) < 4.78 is 0.985. The molecule has 0 radical (unpaired) electrons. The molecule has 0 aromatic carbocycles. The predicted molar refractivity (Wildman–Crippen MR) is 47.2 cm³/mol. The molecule has 0 fully saturated rings. The second-order valence-electron chi connectivity index (χ2n) is 2.69. The molecule has 0 saturated heterocycles. The van der Waals surface area contributed by atoms with Gasteiger partial charge in [0.2, 0.25) is 0 Å². The number of carboxylic acid groups (broad SMARTS) is 1. The molecule has 0 aliphatic heterocycles. The molecule has 0 amide bonds. The summed E-state index contributed by atoms with van der Waals surface area (Å²) >= 11 is 0. The van der Waals surface area contributed by atoms with Crippen molar-refractivity contribution in [2.75, 3.05) is 5.73 Å². The molecule has 7 nitrogen and oxygen atoms in total. The van der Waals surface area contributed by atoms with Crippen LogP contribution < -0.4 is 11.3 Å². The lowest BCUT2D eigenvalue weighted by Crippen LogP contribution is -2.22. The van der Waals surface area contributed by atoms with Gasteiger partial charge in [-0.1, -0.05) is 0 Å². The Bertz CT molecular complexity index is 568. The van der Waals surface area contributed by atoms with E-state index in [1.54, 1.807) is 0 Å². The summed E-state index contributed by atoms with van der Waals surface area (Å²) in [6.45, 7) is 0. The Hall–Kier alpha value is -2.31. The van der Waals surface area contributed by atoms with Gasteiger partial charge in [-0.15, -0.1) is 0 Å². The first-order valence-corrected chi connectivity index (χ1v) is 3.69. The number of aromatic carboxylic acids is 1. The zero-order chi connectivity index (χ0) is 10.3. The lowest BCUT2D eigenvalue weighted by molar-refractivity contribution is 0.0694. The number of aromatic amines is 1. The van der Waals surface area contributed by atoms with Gasteiger partial charge in [-0.2, -0.15) is 4.52 Å². The van der Waals surface area contributed by atoms with Crippen LogP contribution in [0.5, 0.6) is 0 Å². The van der Waals surface area contributed by atoms with Crippen LogP contribution in [0.3, 0.4) is 0 Å². The molecule has 7 heteroatoms. The summed E-state index contributed by atoms with van der Waals surface area (Å²) in [6.07, 6.45) is 1.01. The molecule has 14 heavy (non-hydrogen) atoms. The highest BCUT2D eigenvalue weighted by Gasteiger charge is 2.12. The zero-order valence-electron chi connectivity index (χ0n) is 6.89. The minimum atomic E-state index is -1.31. The number of nitrogens with two attached hydrogens (primary N) is 1. The maximum atomic E-state index is 11.4. The van der Waals surface area contributed by atoms with Crippen molar-refractivity contribution in [1.29, 1.82) is 0 Å². The number of H-pyrrole nitrogens is 1. The van der Waals surface area contributed by atoms with Crippen molar-refractivity contribution >= 4 is 17.4 Å². The fraction of sp³-hybridized carbons (Fsp3) is 0. The second-order valence-corrected chi connectivity index (χ2v) is 2.69. The van der Waals surface area contributed by atoms with Crippen LogP contribution in [0, 0.1) is 0 Å². The third-order valence-electron chi connectivity index (χ3n) is 1.74. The van der Waals surface area contributed by atoms with Crippen molar-refractivity contribution in [3.63, 3.8) is 0 Å². The fourth-order valence-corrected chi connectivity index (χ4v) is 1.13. The van der Waals surface area contributed by atoms with Crippen LogP contribution >= 0.6 is 0 Å². The molecule has 0 saturated carbocycles. The lowest BCUT2D eigenvalue weighted by Gasteiger charge is -1.94. The molecule has 2 aromatic rings. The Labute approximate surface area is 76.8 Å². The van der Waals surface area contributed by atoms with Crippen LogP contribution in [0.15, 0.2) is 17.1 Å². The fourth-order valence-electron chi connectivity index (χ4n) is 1.13. The molecule has 0 aliphatic rings. The smallest absolute Gasteiger partial charge is 0.343 e. The molecule has 0 bridgehead atoms. The average molecular weight is 194 g/mol. The first-order valence-electron chi connectivity index (χ1n) is 3.69. The molecule has 2 rings (SSSR count). The highest BCUT2D eigenvalue weighted by Crippen LogP contribution is 2.02. The topological polar surface area (TPSA) is 113 Å². The van der Waals surface area contributed by atoms with E-state index in [9.17, 15) is 9.59 Å². The Morgan fingerprint density at radius 1 is 1.64 bits per heavy atom. The SMILES string of the molecule is Nc1cc2ncc(C(=O)O)c(=O)n2[nH]1. The molecule has 2 aromatic heterocycles. The van der Waals surface area contributed by atoms with Gasteiger partial charge in [0.25, 0.3) is 5.56 Å². The Morgan fingerprint density at radius 3 is 3.00 bits per heavy atom. The minimum absolute atomic E-state index is 0.247. The van der Waals surface area contributed by atoms with Crippen molar-refractivity contribution in [2.45, 2.75) is 0 Å². The van der Waals surface area contributed by atoms with Crippen molar-refractivity contribution in [3.05, 3.63) is 28.2 Å². The van der Waals surface area contributed by atoms with E-state index in [4.69, 9.17) is 10.8 Å². The van der Waals surface area contributed by atoms with Crippen LogP contribution in [-0.4, -0.2) is 25.7 Å². The molecule has 0 aliphatic carbocycles. The summed E-state index contributed by atoms with van der Waals surface area (Å²) in [5, 5.41) is 11.1. The third kappa shape index (κ3) is 1.03. The number of carbonyl (C=O) groups is 1. The average Bonchev–Trinajstić information content (AvgIpc) is 2.46. The summed E-state index contributed by atoms with van der Waals surface area (Å²) in [5.41, 5.74) is 4.59. The highest BCUT2D eigenvalue weighted by atomic mass is 16.4. The summed E-state index contributed by atoms with van der Waals surface area (Å²) in [7, 11) is 0. The van der Waals surface area contributed by atoms with Crippen molar-refractivity contribution in [3.8, 4) is 0 Å². The monoisotopic (exact) mass is 194 g/mol. The van der Waals surface area contributed by atoms with Gasteiger partial charge in [0.15, 0.2) is 5.65 Å². The minimum Gasteiger partial charge on any atom is -0.477 e. The first-order chi connectivity index (χ1) is 6.59. The van der Waals surface area contributed by atoms with Gasteiger partial charge >= 0.3 is 5.97 Å². The van der Waals surface area contributed by atoms with E-state index < -0.39 is 17.1 Å². The molecule has 0 atom stereocenters. The number of hydrogen-bond acceptors (Lipinski definition) is 4. The van der Waals surface area contributed by atoms with Gasteiger partial charge in [-0.25, -0.2) is 9.78 Å². The van der Waals surface area contributed by atoms with E-state index in [1.165, 1.54) is 6.07 Å². The highest BCUT2D eigenvalue weighted by molar-refractivity contribution is 5.86. The van der Waals surface area contributed by atoms with Gasteiger partial charge in [0, 0.05) is 12.3 Å². The van der Waals surface area contributed by atoms with E-state index in [1.807, 2.05) is 0 Å². The molecule has 0 unspecified atom stereocenters. The van der Waals surface area contributed by atoms with Crippen molar-refractivity contribution in [1.82, 2.24) is 14.6 Å². The largest absolute Gasteiger partial charge is 0.477 e. The molecule has 0 spiro atoms. The maximum absolute atomic E-state index is 11.4. The molecule has 4 N–H and O–H groups in total. The number of anilines is 1. The van der Waals surface area contributed by atoms with Gasteiger partial charge in [0.1, 0.15) is 11.4 Å².